The molecule has 0 saturated heterocycles. The van der Waals surface area contributed by atoms with Gasteiger partial charge in [0.2, 0.25) is 11.8 Å². The fourth-order valence-electron chi connectivity index (χ4n) is 3.87. The molecule has 4 rings (SSSR count). The molecule has 0 radical (unpaired) electrons. The van der Waals surface area contributed by atoms with Crippen molar-refractivity contribution in [2.45, 2.75) is 51.6 Å². The Morgan fingerprint density at radius 3 is 2.76 bits per heavy atom. The van der Waals surface area contributed by atoms with Gasteiger partial charge in [0.15, 0.2) is 23.3 Å². The number of hydrogen-bond donors (Lipinski definition) is 3. The third-order valence-electron chi connectivity index (χ3n) is 5.58. The second kappa shape index (κ2) is 9.58. The van der Waals surface area contributed by atoms with E-state index in [9.17, 15) is 19.1 Å². The van der Waals surface area contributed by atoms with Crippen LogP contribution < -0.4 is 15.8 Å². The molecule has 2 heterocycles. The lowest BCUT2D eigenvalue weighted by atomic mass is 10.0. The van der Waals surface area contributed by atoms with Gasteiger partial charge in [0, 0.05) is 18.3 Å². The Bertz CT molecular complexity index is 1200. The van der Waals surface area contributed by atoms with Crippen LogP contribution in [0.5, 0.6) is 17.4 Å². The van der Waals surface area contributed by atoms with E-state index in [0.29, 0.717) is 12.0 Å². The van der Waals surface area contributed by atoms with Crippen LogP contribution in [0.3, 0.4) is 0 Å². The van der Waals surface area contributed by atoms with Gasteiger partial charge in [-0.3, -0.25) is 14.3 Å². The quantitative estimate of drug-likeness (QED) is 0.415. The van der Waals surface area contributed by atoms with Crippen molar-refractivity contribution in [2.24, 2.45) is 11.7 Å². The van der Waals surface area contributed by atoms with Crippen LogP contribution in [0.15, 0.2) is 42.7 Å². The zero-order valence-electron chi connectivity index (χ0n) is 19.1. The predicted octanol–water partition coefficient (Wildman–Crippen LogP) is 3.91. The average molecular weight is 470 g/mol. The molecule has 1 aromatic carbocycles. The van der Waals surface area contributed by atoms with E-state index in [1.807, 2.05) is 13.8 Å². The number of ether oxygens (including phenoxy) is 1. The number of nitrogens with two attached hydrogens (primary N) is 1. The molecule has 4 N–H and O–H groups in total. The molecule has 1 atom stereocenters. The van der Waals surface area contributed by atoms with Crippen molar-refractivity contribution >= 4 is 17.6 Å². The standard InChI is InChI=1S/C24H28FN5O4/c1-14(2)10-18(24(33)27-21-8-9-29(28-21)13-20(26)31)30-12-16(11-22(30)32)34-19-5-3-4-17(23(19)25)15-6-7-15/h3-5,8-9,11-12,14-15,18,32H,6-7,10,13H2,1-2H3,(H2,26,31)(H,27,28,33)/t18-/m0/s1. The van der Waals surface area contributed by atoms with Crippen molar-refractivity contribution in [3.05, 3.63) is 54.1 Å². The van der Waals surface area contributed by atoms with Gasteiger partial charge in [-0.2, -0.15) is 5.10 Å². The Kier molecular flexibility index (Phi) is 6.58. The topological polar surface area (TPSA) is 124 Å². The maximum atomic E-state index is 14.8. The van der Waals surface area contributed by atoms with Crippen LogP contribution in [-0.2, 0) is 16.1 Å². The van der Waals surface area contributed by atoms with E-state index in [4.69, 9.17) is 10.5 Å². The second-order valence-electron chi connectivity index (χ2n) is 8.98. The number of aromatic nitrogens is 3. The normalized spacial score (nSPS) is 14.2. The largest absolute Gasteiger partial charge is 0.494 e. The van der Waals surface area contributed by atoms with Crippen LogP contribution in [-0.4, -0.2) is 31.3 Å². The van der Waals surface area contributed by atoms with Crippen LogP contribution >= 0.6 is 0 Å². The van der Waals surface area contributed by atoms with Crippen LogP contribution in [0, 0.1) is 11.7 Å². The van der Waals surface area contributed by atoms with Crippen LogP contribution in [0.2, 0.25) is 0 Å². The molecule has 0 aliphatic heterocycles. The molecule has 9 nitrogen and oxygen atoms in total. The highest BCUT2D eigenvalue weighted by atomic mass is 19.1. The van der Waals surface area contributed by atoms with Crippen LogP contribution in [0.1, 0.15) is 50.6 Å². The molecule has 34 heavy (non-hydrogen) atoms. The third kappa shape index (κ3) is 5.38. The highest BCUT2D eigenvalue weighted by molar-refractivity contribution is 5.93. The minimum Gasteiger partial charge on any atom is -0.494 e. The molecule has 0 unspecified atom stereocenters. The molecule has 2 aromatic heterocycles. The van der Waals surface area contributed by atoms with E-state index in [2.05, 4.69) is 10.4 Å². The molecule has 10 heteroatoms. The number of carbonyl (C=O) groups is 2. The summed E-state index contributed by atoms with van der Waals surface area (Å²) >= 11 is 0. The second-order valence-corrected chi connectivity index (χ2v) is 8.98. The van der Waals surface area contributed by atoms with Gasteiger partial charge in [-0.1, -0.05) is 26.0 Å². The number of anilines is 1. The van der Waals surface area contributed by atoms with E-state index in [1.165, 1.54) is 33.8 Å². The molecule has 2 amide bonds. The first kappa shape index (κ1) is 23.3. The number of hydrogen-bond acceptors (Lipinski definition) is 5. The van der Waals surface area contributed by atoms with Crippen molar-refractivity contribution in [1.29, 1.82) is 0 Å². The Balaban J connectivity index is 1.54. The number of halogens is 1. The number of benzene rings is 1. The summed E-state index contributed by atoms with van der Waals surface area (Å²) in [5.74, 6) is -0.645. The summed E-state index contributed by atoms with van der Waals surface area (Å²) < 4.78 is 23.3. The smallest absolute Gasteiger partial charge is 0.248 e. The lowest BCUT2D eigenvalue weighted by Gasteiger charge is -2.20. The van der Waals surface area contributed by atoms with Gasteiger partial charge in [-0.05, 0) is 42.7 Å². The van der Waals surface area contributed by atoms with Crippen molar-refractivity contribution in [3.63, 3.8) is 0 Å². The van der Waals surface area contributed by atoms with E-state index in [0.717, 1.165) is 12.8 Å². The Morgan fingerprint density at radius 2 is 2.09 bits per heavy atom. The van der Waals surface area contributed by atoms with Gasteiger partial charge in [0.1, 0.15) is 18.3 Å². The van der Waals surface area contributed by atoms with Gasteiger partial charge < -0.3 is 25.5 Å². The van der Waals surface area contributed by atoms with Gasteiger partial charge in [0.25, 0.3) is 0 Å². The first-order valence-electron chi connectivity index (χ1n) is 11.2. The summed E-state index contributed by atoms with van der Waals surface area (Å²) in [4.78, 5) is 24.2. The zero-order valence-corrected chi connectivity index (χ0v) is 19.1. The molecule has 1 saturated carbocycles. The number of amides is 2. The Labute approximate surface area is 196 Å². The summed E-state index contributed by atoms with van der Waals surface area (Å²) in [5.41, 5.74) is 5.80. The molecular weight excluding hydrogens is 441 g/mol. The number of carbonyl (C=O) groups excluding carboxylic acids is 2. The summed E-state index contributed by atoms with van der Waals surface area (Å²) in [6, 6.07) is 7.17. The first-order chi connectivity index (χ1) is 16.2. The number of rotatable bonds is 10. The minimum absolute atomic E-state index is 0.0754. The van der Waals surface area contributed by atoms with E-state index >= 15 is 0 Å². The molecule has 0 bridgehead atoms. The SMILES string of the molecule is CC(C)C[C@@H](C(=O)Nc1ccn(CC(N)=O)n1)n1cc(Oc2cccc(C3CC3)c2F)cc1O. The Morgan fingerprint density at radius 1 is 1.32 bits per heavy atom. The molecule has 180 valence electrons. The molecule has 1 aliphatic carbocycles. The number of nitrogens with zero attached hydrogens (tertiary/aromatic N) is 3. The number of nitrogens with one attached hydrogen (secondary N) is 1. The summed E-state index contributed by atoms with van der Waals surface area (Å²) in [6.45, 7) is 3.81. The van der Waals surface area contributed by atoms with Crippen LogP contribution in [0.25, 0.3) is 0 Å². The zero-order chi connectivity index (χ0) is 24.4. The van der Waals surface area contributed by atoms with Gasteiger partial charge in [-0.15, -0.1) is 0 Å². The van der Waals surface area contributed by atoms with E-state index in [-0.39, 0.29) is 41.6 Å². The fourth-order valence-corrected chi connectivity index (χ4v) is 3.87. The maximum absolute atomic E-state index is 14.8. The lowest BCUT2D eigenvalue weighted by Crippen LogP contribution is -2.27. The van der Waals surface area contributed by atoms with Crippen molar-refractivity contribution in [2.75, 3.05) is 5.32 Å². The van der Waals surface area contributed by atoms with Gasteiger partial charge in [-0.25, -0.2) is 4.39 Å². The molecule has 1 fully saturated rings. The monoisotopic (exact) mass is 469 g/mol. The number of primary amides is 1. The third-order valence-corrected chi connectivity index (χ3v) is 5.58. The predicted molar refractivity (Wildman–Crippen MR) is 123 cm³/mol. The maximum Gasteiger partial charge on any atom is 0.248 e. The van der Waals surface area contributed by atoms with Gasteiger partial charge >= 0.3 is 0 Å². The molecular formula is C24H28FN5O4. The van der Waals surface area contributed by atoms with Crippen molar-refractivity contribution in [3.8, 4) is 17.4 Å². The first-order valence-corrected chi connectivity index (χ1v) is 11.2. The fraction of sp³-hybridized carbons (Fsp3) is 0.375. The molecule has 3 aromatic rings. The summed E-state index contributed by atoms with van der Waals surface area (Å²) in [6.07, 6.45) is 5.35. The van der Waals surface area contributed by atoms with Gasteiger partial charge in [0.05, 0.1) is 6.20 Å². The summed E-state index contributed by atoms with van der Waals surface area (Å²) in [5, 5.41) is 17.4. The highest BCUT2D eigenvalue weighted by Crippen LogP contribution is 2.43. The molecule has 1 aliphatic rings. The molecule has 0 spiro atoms. The highest BCUT2D eigenvalue weighted by Gasteiger charge is 2.29. The summed E-state index contributed by atoms with van der Waals surface area (Å²) in [7, 11) is 0. The van der Waals surface area contributed by atoms with E-state index < -0.39 is 23.7 Å². The van der Waals surface area contributed by atoms with E-state index in [1.54, 1.807) is 18.2 Å². The average Bonchev–Trinajstić information content (AvgIpc) is 3.41. The van der Waals surface area contributed by atoms with Crippen molar-refractivity contribution in [1.82, 2.24) is 14.3 Å². The number of aromatic hydroxyl groups is 1. The lowest BCUT2D eigenvalue weighted by molar-refractivity contribution is -0.120. The van der Waals surface area contributed by atoms with Crippen molar-refractivity contribution < 1.29 is 23.8 Å². The minimum atomic E-state index is -0.777. The van der Waals surface area contributed by atoms with Crippen LogP contribution in [0.4, 0.5) is 10.2 Å². The Hall–Kier alpha value is -3.82.